The zero-order chi connectivity index (χ0) is 14.7. The van der Waals surface area contributed by atoms with Crippen LogP contribution in [-0.2, 0) is 0 Å². The van der Waals surface area contributed by atoms with Crippen LogP contribution < -0.4 is 0 Å². The number of carbonyl (C=O) groups is 1. The van der Waals surface area contributed by atoms with E-state index in [0.717, 1.165) is 32.5 Å². The van der Waals surface area contributed by atoms with E-state index in [4.69, 9.17) is 16.0 Å². The van der Waals surface area contributed by atoms with Gasteiger partial charge in [-0.05, 0) is 57.3 Å². The Morgan fingerprint density at radius 2 is 2.15 bits per heavy atom. The molecule has 4 nitrogen and oxygen atoms in total. The number of hydrogen-bond donors (Lipinski definition) is 0. The number of carbonyl (C=O) groups excluding carboxylic acids is 1. The van der Waals surface area contributed by atoms with Crippen molar-refractivity contribution in [1.29, 1.82) is 0 Å². The second-order valence-corrected chi connectivity index (χ2v) is 6.22. The first-order chi connectivity index (χ1) is 9.49. The van der Waals surface area contributed by atoms with Crippen LogP contribution in [0.15, 0.2) is 16.7 Å². The summed E-state index contributed by atoms with van der Waals surface area (Å²) in [6.45, 7) is 7.12. The van der Waals surface area contributed by atoms with E-state index in [1.54, 1.807) is 6.07 Å². The van der Waals surface area contributed by atoms with E-state index in [0.29, 0.717) is 17.5 Å². The zero-order valence-corrected chi connectivity index (χ0v) is 13.2. The van der Waals surface area contributed by atoms with Crippen molar-refractivity contribution in [1.82, 2.24) is 9.80 Å². The molecule has 0 radical (unpaired) electrons. The molecule has 0 atom stereocenters. The van der Waals surface area contributed by atoms with Gasteiger partial charge in [-0.1, -0.05) is 0 Å². The predicted octanol–water partition coefficient (Wildman–Crippen LogP) is 3.13. The molecule has 1 fully saturated rings. The fourth-order valence-electron chi connectivity index (χ4n) is 2.55. The summed E-state index contributed by atoms with van der Waals surface area (Å²) < 4.78 is 4.99. The van der Waals surface area contributed by atoms with Crippen LogP contribution in [0.25, 0.3) is 0 Å². The van der Waals surface area contributed by atoms with Crippen LogP contribution in [0.1, 0.15) is 37.0 Å². The Hall–Kier alpha value is -1.00. The van der Waals surface area contributed by atoms with Crippen LogP contribution >= 0.6 is 11.6 Å². The number of furan rings is 1. The molecule has 0 bridgehead atoms. The molecule has 1 saturated heterocycles. The van der Waals surface area contributed by atoms with Crippen molar-refractivity contribution in [3.8, 4) is 0 Å². The number of hydrogen-bond acceptors (Lipinski definition) is 3. The Morgan fingerprint density at radius 1 is 1.50 bits per heavy atom. The highest BCUT2D eigenvalue weighted by atomic mass is 35.5. The molecule has 1 aromatic heterocycles. The molecule has 0 N–H and O–H groups in total. The third kappa shape index (κ3) is 3.55. The molecule has 0 unspecified atom stereocenters. The number of likely N-dealkylation sites (tertiary alicyclic amines) is 1. The van der Waals surface area contributed by atoms with Crippen molar-refractivity contribution in [2.45, 2.75) is 32.7 Å². The van der Waals surface area contributed by atoms with Gasteiger partial charge in [0.15, 0.2) is 0 Å². The van der Waals surface area contributed by atoms with Crippen LogP contribution in [0.3, 0.4) is 0 Å². The van der Waals surface area contributed by atoms with Gasteiger partial charge in [0, 0.05) is 25.7 Å². The van der Waals surface area contributed by atoms with Gasteiger partial charge in [0.1, 0.15) is 0 Å². The van der Waals surface area contributed by atoms with E-state index in [1.165, 1.54) is 6.26 Å². The summed E-state index contributed by atoms with van der Waals surface area (Å²) in [5.74, 6) is 0.658. The van der Waals surface area contributed by atoms with E-state index in [-0.39, 0.29) is 11.1 Å². The van der Waals surface area contributed by atoms with E-state index in [1.807, 2.05) is 4.90 Å². The van der Waals surface area contributed by atoms with Gasteiger partial charge in [0.2, 0.25) is 5.22 Å². The first kappa shape index (κ1) is 15.4. The number of piperidine rings is 1. The van der Waals surface area contributed by atoms with Crippen molar-refractivity contribution in [2.75, 3.05) is 26.7 Å². The van der Waals surface area contributed by atoms with E-state index in [2.05, 4.69) is 25.8 Å². The van der Waals surface area contributed by atoms with Crippen LogP contribution in [0.4, 0.5) is 0 Å². The molecule has 0 aromatic carbocycles. The smallest absolute Gasteiger partial charge is 0.258 e. The van der Waals surface area contributed by atoms with Crippen LogP contribution in [0.5, 0.6) is 0 Å². The highest BCUT2D eigenvalue weighted by Crippen LogP contribution is 2.23. The Labute approximate surface area is 125 Å². The predicted molar refractivity (Wildman–Crippen MR) is 80.1 cm³/mol. The van der Waals surface area contributed by atoms with E-state index in [9.17, 15) is 4.79 Å². The average Bonchev–Trinajstić information content (AvgIpc) is 2.85. The first-order valence-electron chi connectivity index (χ1n) is 7.21. The fraction of sp³-hybridized carbons (Fsp3) is 0.667. The summed E-state index contributed by atoms with van der Waals surface area (Å²) in [7, 11) is 2.16. The molecule has 1 aliphatic rings. The minimum absolute atomic E-state index is 0.0144. The van der Waals surface area contributed by atoms with Crippen molar-refractivity contribution in [3.63, 3.8) is 0 Å². The molecule has 5 heteroatoms. The molecule has 20 heavy (non-hydrogen) atoms. The minimum atomic E-state index is -0.0144. The number of rotatable bonds is 4. The molecule has 0 saturated carbocycles. The van der Waals surface area contributed by atoms with Crippen LogP contribution in [0, 0.1) is 5.92 Å². The van der Waals surface area contributed by atoms with E-state index < -0.39 is 0 Å². The van der Waals surface area contributed by atoms with Crippen LogP contribution in [0.2, 0.25) is 5.22 Å². The van der Waals surface area contributed by atoms with Crippen molar-refractivity contribution in [2.24, 2.45) is 5.92 Å². The van der Waals surface area contributed by atoms with Crippen molar-refractivity contribution < 1.29 is 9.21 Å². The van der Waals surface area contributed by atoms with Gasteiger partial charge >= 0.3 is 0 Å². The number of halogens is 1. The summed E-state index contributed by atoms with van der Waals surface area (Å²) in [6, 6.07) is 2.21. The molecular weight excluding hydrogens is 276 g/mol. The van der Waals surface area contributed by atoms with Gasteiger partial charge in [-0.25, -0.2) is 0 Å². The van der Waals surface area contributed by atoms with E-state index >= 15 is 0 Å². The molecule has 1 amide bonds. The highest BCUT2D eigenvalue weighted by molar-refractivity contribution is 6.32. The maximum atomic E-state index is 12.3. The Kier molecular flexibility index (Phi) is 5.11. The molecule has 0 spiro atoms. The second kappa shape index (κ2) is 6.64. The van der Waals surface area contributed by atoms with Gasteiger partial charge in [-0.3, -0.25) is 4.79 Å². The van der Waals surface area contributed by atoms with Gasteiger partial charge in [-0.2, -0.15) is 0 Å². The number of amides is 1. The van der Waals surface area contributed by atoms with Crippen molar-refractivity contribution in [3.05, 3.63) is 23.1 Å². The summed E-state index contributed by atoms with van der Waals surface area (Å²) in [5.41, 5.74) is 0.476. The topological polar surface area (TPSA) is 36.7 Å². The maximum absolute atomic E-state index is 12.3. The lowest BCUT2D eigenvalue weighted by atomic mass is 9.95. The zero-order valence-electron chi connectivity index (χ0n) is 12.4. The lowest BCUT2D eigenvalue weighted by molar-refractivity contribution is 0.0666. The Balaban J connectivity index is 1.85. The molecule has 1 aliphatic heterocycles. The number of nitrogens with zero attached hydrogens (tertiary/aromatic N) is 2. The Morgan fingerprint density at radius 3 is 2.65 bits per heavy atom. The quantitative estimate of drug-likeness (QED) is 0.857. The molecular formula is C15H23ClN2O2. The van der Waals surface area contributed by atoms with Crippen LogP contribution in [-0.4, -0.2) is 48.4 Å². The largest absolute Gasteiger partial charge is 0.452 e. The minimum Gasteiger partial charge on any atom is -0.452 e. The van der Waals surface area contributed by atoms with Gasteiger partial charge in [0.05, 0.1) is 11.8 Å². The molecule has 112 valence electrons. The van der Waals surface area contributed by atoms with Gasteiger partial charge in [-0.15, -0.1) is 0 Å². The average molecular weight is 299 g/mol. The van der Waals surface area contributed by atoms with Crippen molar-refractivity contribution >= 4 is 17.5 Å². The summed E-state index contributed by atoms with van der Waals surface area (Å²) in [5, 5.41) is 0.191. The molecule has 2 rings (SSSR count). The molecule has 0 aliphatic carbocycles. The lowest BCUT2D eigenvalue weighted by Crippen LogP contribution is -2.42. The maximum Gasteiger partial charge on any atom is 0.258 e. The molecule has 2 heterocycles. The Bertz CT molecular complexity index is 450. The monoisotopic (exact) mass is 298 g/mol. The highest BCUT2D eigenvalue weighted by Gasteiger charge is 2.26. The third-order valence-electron chi connectivity index (χ3n) is 4.18. The summed E-state index contributed by atoms with van der Waals surface area (Å²) >= 11 is 5.87. The third-order valence-corrected chi connectivity index (χ3v) is 4.47. The molecule has 1 aromatic rings. The normalized spacial score (nSPS) is 17.2. The first-order valence-corrected chi connectivity index (χ1v) is 7.59. The standard InChI is InChI=1S/C15H23ClN2O2/c1-11(2)17(3)10-12-4-7-18(8-5-12)15(19)13-6-9-20-14(13)16/h6,9,11-12H,4-5,7-8,10H2,1-3H3. The fourth-order valence-corrected chi connectivity index (χ4v) is 2.75. The summed E-state index contributed by atoms with van der Waals surface area (Å²) in [6.07, 6.45) is 3.57. The summed E-state index contributed by atoms with van der Waals surface area (Å²) in [4.78, 5) is 16.5. The van der Waals surface area contributed by atoms with Gasteiger partial charge < -0.3 is 14.2 Å². The van der Waals surface area contributed by atoms with Gasteiger partial charge in [0.25, 0.3) is 5.91 Å². The second-order valence-electron chi connectivity index (χ2n) is 5.88. The SMILES string of the molecule is CC(C)N(C)CC1CCN(C(=O)c2ccoc2Cl)CC1. The lowest BCUT2D eigenvalue weighted by Gasteiger charge is -2.34.